The summed E-state index contributed by atoms with van der Waals surface area (Å²) >= 11 is 31.4. The summed E-state index contributed by atoms with van der Waals surface area (Å²) < 4.78 is 13.8. The standard InChI is InChI=1S/C25H18Cl5FN2O2/c1-33(15-6-3-2-4-7-15)23(35)16-8-5-9-19(21(16)31)32-12-24(13-34)22(25(24,29)30)14-10-17(26)20(28)18(27)11-14/h2-11,13,22,32H,12H2,1H3. The van der Waals surface area contributed by atoms with Gasteiger partial charge in [-0.25, -0.2) is 4.39 Å². The summed E-state index contributed by atoms with van der Waals surface area (Å²) in [5, 5.41) is 3.46. The molecular weight excluding hydrogens is 557 g/mol. The van der Waals surface area contributed by atoms with Crippen molar-refractivity contribution in [1.82, 2.24) is 0 Å². The Morgan fingerprint density at radius 3 is 2.29 bits per heavy atom. The summed E-state index contributed by atoms with van der Waals surface area (Å²) in [4.78, 5) is 26.5. The molecule has 182 valence electrons. The zero-order valence-electron chi connectivity index (χ0n) is 18.2. The van der Waals surface area contributed by atoms with Crippen LogP contribution in [0.1, 0.15) is 21.8 Å². The second-order valence-electron chi connectivity index (χ2n) is 8.23. The van der Waals surface area contributed by atoms with E-state index in [9.17, 15) is 9.59 Å². The van der Waals surface area contributed by atoms with Gasteiger partial charge in [-0.05, 0) is 42.0 Å². The van der Waals surface area contributed by atoms with E-state index in [1.807, 2.05) is 6.07 Å². The van der Waals surface area contributed by atoms with Gasteiger partial charge in [0.1, 0.15) is 10.6 Å². The van der Waals surface area contributed by atoms with Crippen LogP contribution in [-0.2, 0) is 4.79 Å². The van der Waals surface area contributed by atoms with Crippen LogP contribution >= 0.6 is 58.0 Å². The van der Waals surface area contributed by atoms with Crippen LogP contribution in [0.2, 0.25) is 15.1 Å². The van der Waals surface area contributed by atoms with E-state index in [-0.39, 0.29) is 32.9 Å². The quantitative estimate of drug-likeness (QED) is 0.179. The van der Waals surface area contributed by atoms with Crippen molar-refractivity contribution in [1.29, 1.82) is 0 Å². The largest absolute Gasteiger partial charge is 0.382 e. The van der Waals surface area contributed by atoms with Gasteiger partial charge in [0, 0.05) is 25.2 Å². The van der Waals surface area contributed by atoms with Gasteiger partial charge in [0.15, 0.2) is 5.82 Å². The Morgan fingerprint density at radius 2 is 1.69 bits per heavy atom. The number of nitrogens with one attached hydrogen (secondary N) is 1. The van der Waals surface area contributed by atoms with Crippen LogP contribution in [0.25, 0.3) is 0 Å². The number of hydrogen-bond donors (Lipinski definition) is 1. The fourth-order valence-corrected chi connectivity index (χ4v) is 5.74. The molecule has 0 bridgehead atoms. The van der Waals surface area contributed by atoms with Gasteiger partial charge in [0.2, 0.25) is 0 Å². The van der Waals surface area contributed by atoms with Crippen LogP contribution in [0.3, 0.4) is 0 Å². The molecule has 1 aliphatic carbocycles. The third-order valence-electron chi connectivity index (χ3n) is 6.21. The Bertz CT molecular complexity index is 1280. The number of benzene rings is 3. The van der Waals surface area contributed by atoms with Crippen molar-refractivity contribution in [2.45, 2.75) is 10.3 Å². The van der Waals surface area contributed by atoms with E-state index >= 15 is 4.39 Å². The van der Waals surface area contributed by atoms with E-state index in [2.05, 4.69) is 5.32 Å². The normalized spacial score (nSPS) is 20.3. The molecule has 1 saturated carbocycles. The highest BCUT2D eigenvalue weighted by atomic mass is 35.5. The topological polar surface area (TPSA) is 49.4 Å². The Morgan fingerprint density at radius 1 is 1.06 bits per heavy atom. The lowest BCUT2D eigenvalue weighted by atomic mass is 10.00. The Hall–Kier alpha value is -2.02. The molecule has 0 aromatic heterocycles. The zero-order chi connectivity index (χ0) is 25.5. The maximum atomic E-state index is 15.3. The Balaban J connectivity index is 1.58. The summed E-state index contributed by atoms with van der Waals surface area (Å²) in [6.45, 7) is -0.102. The third-order valence-corrected chi connectivity index (χ3v) is 8.55. The predicted molar refractivity (Wildman–Crippen MR) is 141 cm³/mol. The molecule has 10 heteroatoms. The Labute approximate surface area is 226 Å². The molecule has 1 fully saturated rings. The molecule has 1 aliphatic rings. The monoisotopic (exact) mass is 572 g/mol. The van der Waals surface area contributed by atoms with E-state index in [0.717, 1.165) is 0 Å². The van der Waals surface area contributed by atoms with Crippen LogP contribution in [0.15, 0.2) is 60.7 Å². The van der Waals surface area contributed by atoms with E-state index < -0.39 is 27.4 Å². The average molecular weight is 575 g/mol. The predicted octanol–water partition coefficient (Wildman–Crippen LogP) is 7.63. The first-order chi connectivity index (χ1) is 16.5. The number of rotatable bonds is 7. The number of amides is 1. The molecule has 2 unspecified atom stereocenters. The number of para-hydroxylation sites is 1. The van der Waals surface area contributed by atoms with Crippen molar-refractivity contribution in [2.24, 2.45) is 5.41 Å². The molecule has 0 heterocycles. The molecule has 0 spiro atoms. The van der Waals surface area contributed by atoms with Crippen molar-refractivity contribution in [3.8, 4) is 0 Å². The van der Waals surface area contributed by atoms with Gasteiger partial charge in [0.05, 0.1) is 31.7 Å². The summed E-state index contributed by atoms with van der Waals surface area (Å²) in [7, 11) is 1.56. The van der Waals surface area contributed by atoms with Gasteiger partial charge >= 0.3 is 0 Å². The van der Waals surface area contributed by atoms with Gasteiger partial charge in [-0.15, -0.1) is 0 Å². The van der Waals surface area contributed by atoms with Gasteiger partial charge in [-0.1, -0.05) is 82.3 Å². The van der Waals surface area contributed by atoms with Crippen LogP contribution in [0, 0.1) is 11.2 Å². The third kappa shape index (κ3) is 4.49. The SMILES string of the molecule is CN(C(=O)c1cccc(NCC2(C=O)C(c3cc(Cl)c(Cl)c(Cl)c3)C2(Cl)Cl)c1F)c1ccccc1. The van der Waals surface area contributed by atoms with Crippen molar-refractivity contribution in [3.05, 3.63) is 92.7 Å². The lowest BCUT2D eigenvalue weighted by molar-refractivity contribution is -0.112. The number of anilines is 2. The van der Waals surface area contributed by atoms with Gasteiger partial charge < -0.3 is 15.0 Å². The molecule has 2 atom stereocenters. The summed E-state index contributed by atoms with van der Waals surface area (Å²) in [6.07, 6.45) is 0.636. The van der Waals surface area contributed by atoms with Crippen molar-refractivity contribution in [3.63, 3.8) is 0 Å². The maximum Gasteiger partial charge on any atom is 0.261 e. The molecule has 0 aliphatic heterocycles. The number of nitrogens with zero attached hydrogens (tertiary/aromatic N) is 1. The van der Waals surface area contributed by atoms with Crippen LogP contribution in [0.4, 0.5) is 15.8 Å². The van der Waals surface area contributed by atoms with Crippen LogP contribution in [0.5, 0.6) is 0 Å². The fraction of sp³-hybridized carbons (Fsp3) is 0.200. The molecule has 4 rings (SSSR count). The maximum absolute atomic E-state index is 15.3. The molecule has 1 amide bonds. The van der Waals surface area contributed by atoms with Crippen molar-refractivity contribution < 1.29 is 14.0 Å². The summed E-state index contributed by atoms with van der Waals surface area (Å²) in [6, 6.07) is 16.4. The minimum absolute atomic E-state index is 0.0282. The van der Waals surface area contributed by atoms with Crippen molar-refractivity contribution >= 4 is 81.6 Å². The fourth-order valence-electron chi connectivity index (χ4n) is 4.16. The first-order valence-corrected chi connectivity index (χ1v) is 12.3. The minimum Gasteiger partial charge on any atom is -0.382 e. The molecule has 3 aromatic rings. The lowest BCUT2D eigenvalue weighted by Gasteiger charge is -2.19. The number of carbonyl (C=O) groups is 2. The highest BCUT2D eigenvalue weighted by molar-refractivity contribution is 6.54. The van der Waals surface area contributed by atoms with Crippen molar-refractivity contribution in [2.75, 3.05) is 23.8 Å². The molecule has 4 nitrogen and oxygen atoms in total. The minimum atomic E-state index is -1.50. The number of aldehydes is 1. The summed E-state index contributed by atoms with van der Waals surface area (Å²) in [5.74, 6) is -1.96. The van der Waals surface area contributed by atoms with E-state index in [4.69, 9.17) is 58.0 Å². The molecule has 0 saturated heterocycles. The highest BCUT2D eigenvalue weighted by Crippen LogP contribution is 2.73. The first-order valence-electron chi connectivity index (χ1n) is 10.4. The number of alkyl halides is 2. The lowest BCUT2D eigenvalue weighted by Crippen LogP contribution is -2.28. The molecule has 35 heavy (non-hydrogen) atoms. The van der Waals surface area contributed by atoms with E-state index in [1.165, 1.54) is 17.0 Å². The molecule has 1 N–H and O–H groups in total. The first kappa shape index (κ1) is 26.1. The Kier molecular flexibility index (Phi) is 7.29. The molecule has 0 radical (unpaired) electrons. The van der Waals surface area contributed by atoms with E-state index in [0.29, 0.717) is 17.5 Å². The highest BCUT2D eigenvalue weighted by Gasteiger charge is 2.76. The summed E-state index contributed by atoms with van der Waals surface area (Å²) in [5.41, 5.74) is -0.264. The smallest absolute Gasteiger partial charge is 0.261 e. The second kappa shape index (κ2) is 9.79. The average Bonchev–Trinajstić information content (AvgIpc) is 3.35. The number of halogens is 6. The van der Waals surface area contributed by atoms with Gasteiger partial charge in [-0.3, -0.25) is 4.79 Å². The van der Waals surface area contributed by atoms with Gasteiger partial charge in [-0.2, -0.15) is 0 Å². The molecular formula is C25H18Cl5FN2O2. The van der Waals surface area contributed by atoms with Gasteiger partial charge in [0.25, 0.3) is 5.91 Å². The number of carbonyl (C=O) groups excluding carboxylic acids is 2. The second-order valence-corrected chi connectivity index (χ2v) is 10.8. The zero-order valence-corrected chi connectivity index (χ0v) is 21.9. The van der Waals surface area contributed by atoms with Crippen LogP contribution < -0.4 is 10.2 Å². The van der Waals surface area contributed by atoms with E-state index in [1.54, 1.807) is 49.5 Å². The van der Waals surface area contributed by atoms with Crippen LogP contribution in [-0.4, -0.2) is 30.1 Å². The molecule has 3 aromatic carbocycles. The number of hydrogen-bond acceptors (Lipinski definition) is 3.